The van der Waals surface area contributed by atoms with Gasteiger partial charge in [-0.3, -0.25) is 0 Å². The predicted octanol–water partition coefficient (Wildman–Crippen LogP) is 6.67. The molecule has 0 saturated carbocycles. The van der Waals surface area contributed by atoms with E-state index in [1.807, 2.05) is 36.4 Å². The molecular weight excluding hydrogens is 348 g/mol. The number of benzene rings is 3. The van der Waals surface area contributed by atoms with Gasteiger partial charge in [-0.15, -0.1) is 0 Å². The van der Waals surface area contributed by atoms with Crippen LogP contribution in [0, 0.1) is 0 Å². The molecule has 0 saturated heterocycles. The second-order valence-electron chi connectivity index (χ2n) is 4.94. The number of hydrogen-bond donors (Lipinski definition) is 0. The van der Waals surface area contributed by atoms with Crippen LogP contribution in [0.4, 0.5) is 0 Å². The average Bonchev–Trinajstić information content (AvgIpc) is 2.84. The standard InChI is InChI=1S/C18H10BrClO/c19-12-8-11(9-13(20)10-12)14-5-3-6-16-15-4-1-2-7-17(15)21-18(14)16/h1-10H. The second-order valence-corrected chi connectivity index (χ2v) is 6.29. The van der Waals surface area contributed by atoms with Crippen molar-refractivity contribution in [1.82, 2.24) is 0 Å². The number of fused-ring (bicyclic) bond motifs is 3. The van der Waals surface area contributed by atoms with Crippen molar-refractivity contribution in [2.45, 2.75) is 0 Å². The van der Waals surface area contributed by atoms with Crippen LogP contribution >= 0.6 is 27.5 Å². The molecular formula is C18H10BrClO. The highest BCUT2D eigenvalue weighted by molar-refractivity contribution is 9.10. The summed E-state index contributed by atoms with van der Waals surface area (Å²) in [5.41, 5.74) is 3.89. The Kier molecular flexibility index (Phi) is 3.02. The summed E-state index contributed by atoms with van der Waals surface area (Å²) >= 11 is 9.66. The predicted molar refractivity (Wildman–Crippen MR) is 91.9 cm³/mol. The largest absolute Gasteiger partial charge is 0.455 e. The zero-order valence-corrected chi connectivity index (χ0v) is 13.3. The first-order chi connectivity index (χ1) is 10.2. The smallest absolute Gasteiger partial charge is 0.143 e. The Morgan fingerprint density at radius 1 is 0.857 bits per heavy atom. The summed E-state index contributed by atoms with van der Waals surface area (Å²) in [6.07, 6.45) is 0. The van der Waals surface area contributed by atoms with Gasteiger partial charge in [-0.2, -0.15) is 0 Å². The SMILES string of the molecule is Clc1cc(Br)cc(-c2cccc3c2oc2ccccc23)c1. The van der Waals surface area contributed by atoms with Crippen molar-refractivity contribution >= 4 is 49.5 Å². The summed E-state index contributed by atoms with van der Waals surface area (Å²) in [4.78, 5) is 0. The zero-order chi connectivity index (χ0) is 14.4. The van der Waals surface area contributed by atoms with Crippen LogP contribution in [-0.4, -0.2) is 0 Å². The first kappa shape index (κ1) is 12.9. The lowest BCUT2D eigenvalue weighted by Gasteiger charge is -2.04. The van der Waals surface area contributed by atoms with Gasteiger partial charge in [0.15, 0.2) is 0 Å². The van der Waals surface area contributed by atoms with Crippen LogP contribution in [0.5, 0.6) is 0 Å². The molecule has 3 heteroatoms. The molecule has 0 spiro atoms. The fourth-order valence-corrected chi connectivity index (χ4v) is 3.54. The Morgan fingerprint density at radius 3 is 2.52 bits per heavy atom. The highest BCUT2D eigenvalue weighted by Gasteiger charge is 2.12. The Balaban J connectivity index is 2.09. The van der Waals surface area contributed by atoms with Gasteiger partial charge in [0.1, 0.15) is 11.2 Å². The number of hydrogen-bond acceptors (Lipinski definition) is 1. The van der Waals surface area contributed by atoms with E-state index in [9.17, 15) is 0 Å². The number of halogens is 2. The molecule has 21 heavy (non-hydrogen) atoms. The van der Waals surface area contributed by atoms with E-state index < -0.39 is 0 Å². The van der Waals surface area contributed by atoms with Gasteiger partial charge in [-0.05, 0) is 29.8 Å². The van der Waals surface area contributed by atoms with Gasteiger partial charge >= 0.3 is 0 Å². The highest BCUT2D eigenvalue weighted by atomic mass is 79.9. The molecule has 0 amide bonds. The number of para-hydroxylation sites is 2. The Labute approximate surface area is 135 Å². The third kappa shape index (κ3) is 2.15. The van der Waals surface area contributed by atoms with E-state index in [4.69, 9.17) is 16.0 Å². The van der Waals surface area contributed by atoms with E-state index in [-0.39, 0.29) is 0 Å². The van der Waals surface area contributed by atoms with Crippen molar-refractivity contribution in [2.24, 2.45) is 0 Å². The van der Waals surface area contributed by atoms with E-state index in [1.54, 1.807) is 0 Å². The molecule has 3 aromatic carbocycles. The minimum Gasteiger partial charge on any atom is -0.455 e. The lowest BCUT2D eigenvalue weighted by Crippen LogP contribution is -1.80. The average molecular weight is 358 g/mol. The molecule has 0 N–H and O–H groups in total. The van der Waals surface area contributed by atoms with Gasteiger partial charge in [0.05, 0.1) is 0 Å². The maximum Gasteiger partial charge on any atom is 0.143 e. The minimum atomic E-state index is 0.701. The summed E-state index contributed by atoms with van der Waals surface area (Å²) in [7, 11) is 0. The van der Waals surface area contributed by atoms with Gasteiger partial charge in [0.25, 0.3) is 0 Å². The molecule has 4 aromatic rings. The third-order valence-corrected chi connectivity index (χ3v) is 4.25. The van der Waals surface area contributed by atoms with E-state index in [0.29, 0.717) is 5.02 Å². The lowest BCUT2D eigenvalue weighted by molar-refractivity contribution is 0.670. The molecule has 0 atom stereocenters. The van der Waals surface area contributed by atoms with Gasteiger partial charge in [0, 0.05) is 25.8 Å². The van der Waals surface area contributed by atoms with Gasteiger partial charge in [0.2, 0.25) is 0 Å². The molecule has 0 unspecified atom stereocenters. The first-order valence-corrected chi connectivity index (χ1v) is 7.76. The van der Waals surface area contributed by atoms with E-state index in [2.05, 4.69) is 40.2 Å². The topological polar surface area (TPSA) is 13.1 Å². The van der Waals surface area contributed by atoms with E-state index >= 15 is 0 Å². The molecule has 0 bridgehead atoms. The molecule has 1 aromatic heterocycles. The fourth-order valence-electron chi connectivity index (χ4n) is 2.68. The van der Waals surface area contributed by atoms with Gasteiger partial charge < -0.3 is 4.42 Å². The van der Waals surface area contributed by atoms with Crippen LogP contribution in [0.15, 0.2) is 69.6 Å². The quantitative estimate of drug-likeness (QED) is 0.371. The Morgan fingerprint density at radius 2 is 1.67 bits per heavy atom. The van der Waals surface area contributed by atoms with Gasteiger partial charge in [-0.1, -0.05) is 63.9 Å². The second kappa shape index (κ2) is 4.90. The van der Waals surface area contributed by atoms with E-state index in [0.717, 1.165) is 37.5 Å². The highest BCUT2D eigenvalue weighted by Crippen LogP contribution is 2.37. The molecule has 102 valence electrons. The van der Waals surface area contributed by atoms with Crippen LogP contribution in [0.2, 0.25) is 5.02 Å². The summed E-state index contributed by atoms with van der Waals surface area (Å²) < 4.78 is 7.02. The molecule has 1 heterocycles. The molecule has 0 aliphatic carbocycles. The molecule has 4 rings (SSSR count). The number of furan rings is 1. The van der Waals surface area contributed by atoms with Gasteiger partial charge in [-0.25, -0.2) is 0 Å². The lowest BCUT2D eigenvalue weighted by atomic mass is 10.0. The number of rotatable bonds is 1. The molecule has 0 aliphatic heterocycles. The maximum absolute atomic E-state index is 6.17. The summed E-state index contributed by atoms with van der Waals surface area (Å²) in [6.45, 7) is 0. The van der Waals surface area contributed by atoms with Crippen LogP contribution < -0.4 is 0 Å². The van der Waals surface area contributed by atoms with Crippen molar-refractivity contribution in [3.63, 3.8) is 0 Å². The summed E-state index contributed by atoms with van der Waals surface area (Å²) in [5.74, 6) is 0. The normalized spacial score (nSPS) is 11.3. The minimum absolute atomic E-state index is 0.701. The van der Waals surface area contributed by atoms with Crippen molar-refractivity contribution in [2.75, 3.05) is 0 Å². The Hall–Kier alpha value is -1.77. The molecule has 0 fully saturated rings. The van der Waals surface area contributed by atoms with Crippen LogP contribution in [0.1, 0.15) is 0 Å². The summed E-state index contributed by atoms with van der Waals surface area (Å²) in [6, 6.07) is 20.2. The van der Waals surface area contributed by atoms with Crippen molar-refractivity contribution < 1.29 is 4.42 Å². The molecule has 0 radical (unpaired) electrons. The Bertz CT molecular complexity index is 951. The third-order valence-electron chi connectivity index (χ3n) is 3.58. The monoisotopic (exact) mass is 356 g/mol. The first-order valence-electron chi connectivity index (χ1n) is 6.59. The zero-order valence-electron chi connectivity index (χ0n) is 10.9. The summed E-state index contributed by atoms with van der Waals surface area (Å²) in [5, 5.41) is 2.96. The van der Waals surface area contributed by atoms with Crippen LogP contribution in [0.3, 0.4) is 0 Å². The van der Waals surface area contributed by atoms with Crippen LogP contribution in [-0.2, 0) is 0 Å². The van der Waals surface area contributed by atoms with Crippen molar-refractivity contribution in [3.05, 3.63) is 70.2 Å². The van der Waals surface area contributed by atoms with Crippen LogP contribution in [0.25, 0.3) is 33.1 Å². The van der Waals surface area contributed by atoms with Crippen molar-refractivity contribution in [3.8, 4) is 11.1 Å². The molecule has 0 aliphatic rings. The maximum atomic E-state index is 6.17. The molecule has 1 nitrogen and oxygen atoms in total. The van der Waals surface area contributed by atoms with Crippen molar-refractivity contribution in [1.29, 1.82) is 0 Å². The van der Waals surface area contributed by atoms with E-state index in [1.165, 1.54) is 0 Å². The fraction of sp³-hybridized carbons (Fsp3) is 0.